The van der Waals surface area contributed by atoms with Crippen LogP contribution in [0.4, 0.5) is 8.78 Å². The average Bonchev–Trinajstić information content (AvgIpc) is 2.10. The van der Waals surface area contributed by atoms with Gasteiger partial charge in [-0.05, 0) is 19.9 Å². The van der Waals surface area contributed by atoms with Crippen LogP contribution in [-0.2, 0) is 0 Å². The zero-order valence-corrected chi connectivity index (χ0v) is 7.88. The first-order valence-corrected chi connectivity index (χ1v) is 4.15. The molecule has 0 aliphatic rings. The Morgan fingerprint density at radius 2 is 1.86 bits per heavy atom. The lowest BCUT2D eigenvalue weighted by Crippen LogP contribution is -2.08. The fourth-order valence-electron chi connectivity index (χ4n) is 0.992. The van der Waals surface area contributed by atoms with Gasteiger partial charge in [-0.2, -0.15) is 0 Å². The third-order valence-corrected chi connectivity index (χ3v) is 1.54. The lowest BCUT2D eigenvalue weighted by molar-refractivity contribution is 0.111. The standard InChI is InChI=1S/C10H10F2O2/c1-6(2)14-10-4-9(12)8(11)3-7(10)5-13/h3-6H,1-2H3. The third kappa shape index (κ3) is 2.28. The smallest absolute Gasteiger partial charge is 0.162 e. The molecule has 0 fully saturated rings. The Balaban J connectivity index is 3.13. The van der Waals surface area contributed by atoms with Gasteiger partial charge < -0.3 is 4.74 Å². The predicted octanol–water partition coefficient (Wildman–Crippen LogP) is 2.56. The highest BCUT2D eigenvalue weighted by Gasteiger charge is 2.11. The van der Waals surface area contributed by atoms with Crippen LogP contribution in [-0.4, -0.2) is 12.4 Å². The van der Waals surface area contributed by atoms with Gasteiger partial charge in [-0.1, -0.05) is 0 Å². The molecule has 0 aliphatic carbocycles. The number of hydrogen-bond acceptors (Lipinski definition) is 2. The molecule has 0 atom stereocenters. The first-order chi connectivity index (χ1) is 6.54. The Bertz CT molecular complexity index is 348. The first kappa shape index (κ1) is 10.6. The average molecular weight is 200 g/mol. The van der Waals surface area contributed by atoms with Crippen molar-refractivity contribution < 1.29 is 18.3 Å². The van der Waals surface area contributed by atoms with Crippen LogP contribution in [0.15, 0.2) is 12.1 Å². The molecule has 0 radical (unpaired) electrons. The van der Waals surface area contributed by atoms with E-state index in [1.165, 1.54) is 0 Å². The molecule has 0 unspecified atom stereocenters. The highest BCUT2D eigenvalue weighted by atomic mass is 19.2. The predicted molar refractivity (Wildman–Crippen MR) is 47.5 cm³/mol. The van der Waals surface area contributed by atoms with Crippen LogP contribution in [0, 0.1) is 11.6 Å². The Morgan fingerprint density at radius 1 is 1.29 bits per heavy atom. The van der Waals surface area contributed by atoms with E-state index in [2.05, 4.69) is 0 Å². The van der Waals surface area contributed by atoms with Gasteiger partial charge in [-0.3, -0.25) is 4.79 Å². The molecule has 0 heterocycles. The molecule has 0 saturated heterocycles. The Kier molecular flexibility index (Phi) is 3.17. The maximum absolute atomic E-state index is 12.8. The number of hydrogen-bond donors (Lipinski definition) is 0. The summed E-state index contributed by atoms with van der Waals surface area (Å²) in [6.45, 7) is 3.46. The molecule has 0 bridgehead atoms. The van der Waals surface area contributed by atoms with E-state index >= 15 is 0 Å². The molecule has 1 aromatic rings. The maximum Gasteiger partial charge on any atom is 0.162 e. The van der Waals surface area contributed by atoms with E-state index in [0.717, 1.165) is 12.1 Å². The summed E-state index contributed by atoms with van der Waals surface area (Å²) in [5, 5.41) is 0. The number of benzene rings is 1. The lowest BCUT2D eigenvalue weighted by Gasteiger charge is -2.11. The van der Waals surface area contributed by atoms with E-state index in [0.29, 0.717) is 6.29 Å². The van der Waals surface area contributed by atoms with Crippen molar-refractivity contribution in [2.75, 3.05) is 0 Å². The van der Waals surface area contributed by atoms with Gasteiger partial charge >= 0.3 is 0 Å². The van der Waals surface area contributed by atoms with Gasteiger partial charge in [0.2, 0.25) is 0 Å². The van der Waals surface area contributed by atoms with E-state index in [1.807, 2.05) is 0 Å². The summed E-state index contributed by atoms with van der Waals surface area (Å²) < 4.78 is 30.6. The van der Waals surface area contributed by atoms with Crippen LogP contribution in [0.1, 0.15) is 24.2 Å². The molecule has 76 valence electrons. The number of carbonyl (C=O) groups is 1. The van der Waals surface area contributed by atoms with E-state index in [4.69, 9.17) is 4.74 Å². The van der Waals surface area contributed by atoms with Gasteiger partial charge in [0.15, 0.2) is 17.9 Å². The van der Waals surface area contributed by atoms with Crippen LogP contribution in [0.5, 0.6) is 5.75 Å². The molecule has 0 aliphatic heterocycles. The van der Waals surface area contributed by atoms with Crippen molar-refractivity contribution in [2.24, 2.45) is 0 Å². The molecule has 0 N–H and O–H groups in total. The lowest BCUT2D eigenvalue weighted by atomic mass is 10.2. The van der Waals surface area contributed by atoms with Crippen LogP contribution >= 0.6 is 0 Å². The van der Waals surface area contributed by atoms with Crippen molar-refractivity contribution in [3.05, 3.63) is 29.3 Å². The van der Waals surface area contributed by atoms with E-state index in [1.54, 1.807) is 13.8 Å². The molecule has 0 saturated carbocycles. The van der Waals surface area contributed by atoms with Gasteiger partial charge in [0.1, 0.15) is 5.75 Å². The van der Waals surface area contributed by atoms with Crippen LogP contribution in [0.25, 0.3) is 0 Å². The second-order valence-electron chi connectivity index (χ2n) is 3.09. The Labute approximate surface area is 80.5 Å². The summed E-state index contributed by atoms with van der Waals surface area (Å²) in [5.74, 6) is -2.01. The fourth-order valence-corrected chi connectivity index (χ4v) is 0.992. The monoisotopic (exact) mass is 200 g/mol. The molecule has 0 amide bonds. The van der Waals surface area contributed by atoms with Crippen molar-refractivity contribution in [2.45, 2.75) is 20.0 Å². The highest BCUT2D eigenvalue weighted by molar-refractivity contribution is 5.79. The summed E-state index contributed by atoms with van der Waals surface area (Å²) in [5.41, 5.74) is 0.0117. The SMILES string of the molecule is CC(C)Oc1cc(F)c(F)cc1C=O. The number of rotatable bonds is 3. The number of aldehydes is 1. The maximum atomic E-state index is 12.8. The molecule has 0 aromatic heterocycles. The molecule has 14 heavy (non-hydrogen) atoms. The van der Waals surface area contributed by atoms with Crippen LogP contribution < -0.4 is 4.74 Å². The fraction of sp³-hybridized carbons (Fsp3) is 0.300. The van der Waals surface area contributed by atoms with Gasteiger partial charge in [-0.15, -0.1) is 0 Å². The minimum atomic E-state index is -1.05. The zero-order valence-electron chi connectivity index (χ0n) is 7.88. The summed E-state index contributed by atoms with van der Waals surface area (Å²) >= 11 is 0. The molecule has 0 spiro atoms. The zero-order chi connectivity index (χ0) is 10.7. The van der Waals surface area contributed by atoms with Crippen molar-refractivity contribution in [3.8, 4) is 5.75 Å². The number of halogens is 2. The van der Waals surface area contributed by atoms with E-state index in [-0.39, 0.29) is 17.4 Å². The quantitative estimate of drug-likeness (QED) is 0.701. The van der Waals surface area contributed by atoms with Crippen molar-refractivity contribution >= 4 is 6.29 Å². The van der Waals surface area contributed by atoms with E-state index < -0.39 is 11.6 Å². The Morgan fingerprint density at radius 3 is 2.36 bits per heavy atom. The summed E-state index contributed by atoms with van der Waals surface area (Å²) in [6, 6.07) is 1.69. The summed E-state index contributed by atoms with van der Waals surface area (Å²) in [4.78, 5) is 10.5. The molecular formula is C10H10F2O2. The van der Waals surface area contributed by atoms with Crippen LogP contribution in [0.3, 0.4) is 0 Å². The molecule has 1 rings (SSSR count). The van der Waals surface area contributed by atoms with Gasteiger partial charge in [0.25, 0.3) is 0 Å². The first-order valence-electron chi connectivity index (χ1n) is 4.15. The van der Waals surface area contributed by atoms with Gasteiger partial charge in [0.05, 0.1) is 11.7 Å². The van der Waals surface area contributed by atoms with E-state index in [9.17, 15) is 13.6 Å². The number of carbonyl (C=O) groups excluding carboxylic acids is 1. The van der Waals surface area contributed by atoms with Crippen LogP contribution in [0.2, 0.25) is 0 Å². The normalized spacial score (nSPS) is 10.4. The number of ether oxygens (including phenoxy) is 1. The second kappa shape index (κ2) is 4.17. The highest BCUT2D eigenvalue weighted by Crippen LogP contribution is 2.21. The molecular weight excluding hydrogens is 190 g/mol. The van der Waals surface area contributed by atoms with Gasteiger partial charge in [0, 0.05) is 6.07 Å². The minimum absolute atomic E-state index is 0.0117. The molecule has 1 aromatic carbocycles. The third-order valence-electron chi connectivity index (χ3n) is 1.54. The van der Waals surface area contributed by atoms with Gasteiger partial charge in [-0.25, -0.2) is 8.78 Å². The van der Waals surface area contributed by atoms with Crippen molar-refractivity contribution in [3.63, 3.8) is 0 Å². The Hall–Kier alpha value is -1.45. The topological polar surface area (TPSA) is 26.3 Å². The van der Waals surface area contributed by atoms with Crippen molar-refractivity contribution in [1.29, 1.82) is 0 Å². The largest absolute Gasteiger partial charge is 0.490 e. The molecule has 4 heteroatoms. The molecule has 2 nitrogen and oxygen atoms in total. The second-order valence-corrected chi connectivity index (χ2v) is 3.09. The minimum Gasteiger partial charge on any atom is -0.490 e. The van der Waals surface area contributed by atoms with Crippen molar-refractivity contribution in [1.82, 2.24) is 0 Å². The summed E-state index contributed by atoms with van der Waals surface area (Å²) in [6.07, 6.45) is 0.235. The summed E-state index contributed by atoms with van der Waals surface area (Å²) in [7, 11) is 0.